The highest BCUT2D eigenvalue weighted by molar-refractivity contribution is 7.12. The first kappa shape index (κ1) is 26.6. The minimum absolute atomic E-state index is 0.00470. The summed E-state index contributed by atoms with van der Waals surface area (Å²) < 4.78 is 19.5. The van der Waals surface area contributed by atoms with Crippen molar-refractivity contribution in [3.8, 4) is 0 Å². The summed E-state index contributed by atoms with van der Waals surface area (Å²) in [7, 11) is 0. The third-order valence-electron chi connectivity index (χ3n) is 6.51. The molecule has 0 bridgehead atoms. The molecule has 1 saturated heterocycles. The van der Waals surface area contributed by atoms with Gasteiger partial charge in [-0.3, -0.25) is 14.6 Å². The molecule has 2 aliphatic rings. The summed E-state index contributed by atoms with van der Waals surface area (Å²) in [6, 6.07) is 8.18. The van der Waals surface area contributed by atoms with E-state index >= 15 is 0 Å². The van der Waals surface area contributed by atoms with E-state index in [9.17, 15) is 18.8 Å². The smallest absolute Gasteiger partial charge is 0.338 e. The van der Waals surface area contributed by atoms with Crippen LogP contribution in [0.4, 0.5) is 9.18 Å². The normalized spacial score (nSPS) is 20.6. The van der Waals surface area contributed by atoms with Crippen LogP contribution in [0.2, 0.25) is 0 Å². The molecule has 3 heterocycles. The van der Waals surface area contributed by atoms with Gasteiger partial charge in [0.1, 0.15) is 5.82 Å². The maximum Gasteiger partial charge on any atom is 0.338 e. The highest BCUT2D eigenvalue weighted by Crippen LogP contribution is 2.33. The van der Waals surface area contributed by atoms with Crippen molar-refractivity contribution in [1.82, 2.24) is 20.0 Å². The lowest BCUT2D eigenvalue weighted by Crippen LogP contribution is -2.56. The monoisotopic (exact) mass is 526 g/mol. The van der Waals surface area contributed by atoms with E-state index in [1.807, 2.05) is 29.3 Å². The molecular weight excluding hydrogens is 495 g/mol. The largest absolute Gasteiger partial charge is 0.463 e. The third-order valence-corrected chi connectivity index (χ3v) is 7.36. The number of nitrogens with one attached hydrogen (secondary N) is 1. The second-order valence-electron chi connectivity index (χ2n) is 8.98. The van der Waals surface area contributed by atoms with Gasteiger partial charge in [-0.25, -0.2) is 14.0 Å². The Morgan fingerprint density at radius 1 is 1.27 bits per heavy atom. The predicted molar refractivity (Wildman–Crippen MR) is 139 cm³/mol. The van der Waals surface area contributed by atoms with Crippen molar-refractivity contribution in [3.05, 3.63) is 82.0 Å². The first-order chi connectivity index (χ1) is 17.8. The van der Waals surface area contributed by atoms with Crippen molar-refractivity contribution in [3.63, 3.8) is 0 Å². The quantitative estimate of drug-likeness (QED) is 0.418. The maximum atomic E-state index is 14.1. The average molecular weight is 527 g/mol. The summed E-state index contributed by atoms with van der Waals surface area (Å²) in [4.78, 5) is 45.5. The fourth-order valence-corrected chi connectivity index (χ4v) is 5.49. The molecule has 1 N–H and O–H groups in total. The first-order valence-electron chi connectivity index (χ1n) is 12.2. The van der Waals surface area contributed by atoms with Crippen LogP contribution in [-0.4, -0.2) is 78.0 Å². The zero-order valence-electron chi connectivity index (χ0n) is 21.0. The molecule has 0 saturated carbocycles. The predicted octanol–water partition coefficient (Wildman–Crippen LogP) is 3.80. The number of amides is 3. The molecule has 0 aliphatic carbocycles. The van der Waals surface area contributed by atoms with E-state index in [2.05, 4.69) is 16.8 Å². The number of rotatable bonds is 8. The Morgan fingerprint density at radius 3 is 2.73 bits per heavy atom. The highest BCUT2D eigenvalue weighted by Gasteiger charge is 2.39. The SMILES string of the molecule is C=CCN1C(=O)N[C@H](c2cccc(F)c2)C(C(=O)OCC)=C1CN1CCN(C(=O)c2cccs2)[C@H](C)C1. The van der Waals surface area contributed by atoms with Crippen LogP contribution in [0.15, 0.2) is 65.7 Å². The van der Waals surface area contributed by atoms with E-state index in [0.29, 0.717) is 35.8 Å². The van der Waals surface area contributed by atoms with Crippen molar-refractivity contribution < 1.29 is 23.5 Å². The number of ether oxygens (including phenoxy) is 1. The standard InChI is InChI=1S/C27H31FN4O4S/c1-4-11-32-21(17-30-12-13-31(18(3)16-30)25(33)22-10-7-14-37-22)23(26(34)36-5-2)24(29-27(32)35)19-8-6-9-20(28)15-19/h4,6-10,14-15,18,24H,1,5,11-13,16-17H2,2-3H3,(H,29,35)/t18-,24-/m1/s1. The van der Waals surface area contributed by atoms with Gasteiger partial charge in [-0.05, 0) is 43.0 Å². The van der Waals surface area contributed by atoms with Gasteiger partial charge in [0.25, 0.3) is 5.91 Å². The Hall–Kier alpha value is -3.50. The maximum absolute atomic E-state index is 14.1. The van der Waals surface area contributed by atoms with Crippen molar-refractivity contribution in [2.24, 2.45) is 0 Å². The molecule has 2 aromatic rings. The first-order valence-corrected chi connectivity index (χ1v) is 13.1. The van der Waals surface area contributed by atoms with E-state index in [0.717, 1.165) is 0 Å². The molecule has 196 valence electrons. The number of esters is 1. The Kier molecular flexibility index (Phi) is 8.40. The molecule has 2 atom stereocenters. The molecule has 3 amide bonds. The van der Waals surface area contributed by atoms with Gasteiger partial charge in [-0.2, -0.15) is 0 Å². The summed E-state index contributed by atoms with van der Waals surface area (Å²) in [5.41, 5.74) is 1.20. The Balaban J connectivity index is 1.67. The summed E-state index contributed by atoms with van der Waals surface area (Å²) >= 11 is 1.42. The summed E-state index contributed by atoms with van der Waals surface area (Å²) in [6.45, 7) is 9.73. The zero-order valence-corrected chi connectivity index (χ0v) is 21.8. The van der Waals surface area contributed by atoms with E-state index in [1.54, 1.807) is 25.1 Å². The Morgan fingerprint density at radius 2 is 2.08 bits per heavy atom. The number of carbonyl (C=O) groups is 3. The molecule has 1 fully saturated rings. The number of hydrogen-bond acceptors (Lipinski definition) is 6. The number of halogens is 1. The number of thiophene rings is 1. The van der Waals surface area contributed by atoms with Crippen LogP contribution >= 0.6 is 11.3 Å². The van der Waals surface area contributed by atoms with Crippen molar-refractivity contribution in [1.29, 1.82) is 0 Å². The van der Waals surface area contributed by atoms with Crippen molar-refractivity contribution in [2.75, 3.05) is 39.3 Å². The van der Waals surface area contributed by atoms with Crippen molar-refractivity contribution >= 4 is 29.2 Å². The molecule has 0 spiro atoms. The molecule has 2 aliphatic heterocycles. The minimum Gasteiger partial charge on any atom is -0.463 e. The van der Waals surface area contributed by atoms with Gasteiger partial charge in [-0.1, -0.05) is 24.3 Å². The number of nitrogens with zero attached hydrogens (tertiary/aromatic N) is 3. The molecule has 1 aromatic carbocycles. The van der Waals surface area contributed by atoms with Crippen molar-refractivity contribution in [2.45, 2.75) is 25.9 Å². The summed E-state index contributed by atoms with van der Waals surface area (Å²) in [5.74, 6) is -1.03. The van der Waals surface area contributed by atoms with E-state index in [1.165, 1.54) is 28.4 Å². The topological polar surface area (TPSA) is 82.2 Å². The molecule has 1 aromatic heterocycles. The highest BCUT2D eigenvalue weighted by atomic mass is 32.1. The molecule has 0 unspecified atom stereocenters. The lowest BCUT2D eigenvalue weighted by atomic mass is 9.94. The van der Waals surface area contributed by atoms with Crippen LogP contribution in [0, 0.1) is 5.82 Å². The lowest BCUT2D eigenvalue weighted by molar-refractivity contribution is -0.139. The molecule has 37 heavy (non-hydrogen) atoms. The Labute approximate surface area is 220 Å². The van der Waals surface area contributed by atoms with Gasteiger partial charge >= 0.3 is 12.0 Å². The Bertz CT molecular complexity index is 1200. The molecule has 10 heteroatoms. The fraction of sp³-hybridized carbons (Fsp3) is 0.370. The van der Waals surface area contributed by atoms with Gasteiger partial charge in [0.05, 0.1) is 23.1 Å². The third kappa shape index (κ3) is 5.75. The van der Waals surface area contributed by atoms with Gasteiger partial charge in [0, 0.05) is 44.5 Å². The van der Waals surface area contributed by atoms with Crippen LogP contribution in [-0.2, 0) is 9.53 Å². The van der Waals surface area contributed by atoms with Crippen LogP contribution in [0.3, 0.4) is 0 Å². The molecule has 8 nitrogen and oxygen atoms in total. The van der Waals surface area contributed by atoms with Gasteiger partial charge in [-0.15, -0.1) is 17.9 Å². The van der Waals surface area contributed by atoms with E-state index in [4.69, 9.17) is 4.74 Å². The van der Waals surface area contributed by atoms with Gasteiger partial charge < -0.3 is 15.0 Å². The zero-order chi connectivity index (χ0) is 26.5. The second-order valence-corrected chi connectivity index (χ2v) is 9.93. The van der Waals surface area contributed by atoms with Gasteiger partial charge in [0.2, 0.25) is 0 Å². The van der Waals surface area contributed by atoms with Crippen LogP contribution < -0.4 is 5.32 Å². The van der Waals surface area contributed by atoms with Crippen LogP contribution in [0.5, 0.6) is 0 Å². The lowest BCUT2D eigenvalue weighted by Gasteiger charge is -2.42. The summed E-state index contributed by atoms with van der Waals surface area (Å²) in [5, 5.41) is 4.73. The van der Waals surface area contributed by atoms with Crippen LogP contribution in [0.1, 0.15) is 35.1 Å². The fourth-order valence-electron chi connectivity index (χ4n) is 4.81. The number of urea groups is 1. The van der Waals surface area contributed by atoms with Crippen LogP contribution in [0.25, 0.3) is 0 Å². The molecule has 4 rings (SSSR count). The van der Waals surface area contributed by atoms with Gasteiger partial charge in [0.15, 0.2) is 0 Å². The van der Waals surface area contributed by atoms with E-state index < -0.39 is 23.9 Å². The van der Waals surface area contributed by atoms with E-state index in [-0.39, 0.29) is 37.2 Å². The minimum atomic E-state index is -0.863. The number of piperazine rings is 1. The molecule has 0 radical (unpaired) electrons. The molecular formula is C27H31FN4O4S. The average Bonchev–Trinajstić information content (AvgIpc) is 3.41. The number of carbonyl (C=O) groups excluding carboxylic acids is 3. The number of hydrogen-bond donors (Lipinski definition) is 1. The summed E-state index contributed by atoms with van der Waals surface area (Å²) in [6.07, 6.45) is 1.59. The number of benzene rings is 1. The second kappa shape index (κ2) is 11.7.